The third-order valence-corrected chi connectivity index (χ3v) is 5.70. The number of hydrogen-bond acceptors (Lipinski definition) is 0. The minimum Gasteiger partial charge on any atom is -0.106 e. The smallest absolute Gasteiger partial charge is 0.0209 e. The first-order valence-electron chi connectivity index (χ1n) is 4.94. The summed E-state index contributed by atoms with van der Waals surface area (Å²) in [5, 5.41) is 0. The van der Waals surface area contributed by atoms with Crippen LogP contribution in [0.15, 0.2) is 0 Å². The van der Waals surface area contributed by atoms with Gasteiger partial charge in [-0.15, -0.1) is 7.92 Å². The van der Waals surface area contributed by atoms with Crippen LogP contribution in [0.5, 0.6) is 0 Å². The normalized spacial score (nSPS) is 37.9. The van der Waals surface area contributed by atoms with Gasteiger partial charge < -0.3 is 0 Å². The van der Waals surface area contributed by atoms with E-state index in [1.54, 1.807) is 6.16 Å². The van der Waals surface area contributed by atoms with E-state index < -0.39 is 0 Å². The maximum atomic E-state index is 2.50. The lowest BCUT2D eigenvalue weighted by atomic mass is 10.0. The Hall–Kier alpha value is 0.430. The maximum Gasteiger partial charge on any atom is -0.0209 e. The average Bonchev–Trinajstić information content (AvgIpc) is 2.26. The predicted molar refractivity (Wildman–Crippen MR) is 54.8 cm³/mol. The molecular weight excluding hydrogens is 151 g/mol. The molecule has 1 aliphatic heterocycles. The summed E-state index contributed by atoms with van der Waals surface area (Å²) in [6.07, 6.45) is 7.44. The number of unbranched alkanes of at least 4 members (excludes halogenated alkanes) is 1. The van der Waals surface area contributed by atoms with E-state index in [9.17, 15) is 0 Å². The van der Waals surface area contributed by atoms with E-state index in [1.165, 1.54) is 25.7 Å². The van der Waals surface area contributed by atoms with Crippen LogP contribution in [0.1, 0.15) is 39.5 Å². The van der Waals surface area contributed by atoms with E-state index in [0.717, 1.165) is 11.6 Å². The van der Waals surface area contributed by atoms with Gasteiger partial charge in [-0.05, 0) is 37.2 Å². The molecule has 1 aliphatic rings. The van der Waals surface area contributed by atoms with Gasteiger partial charge in [0.1, 0.15) is 0 Å². The molecule has 0 spiro atoms. The van der Waals surface area contributed by atoms with Crippen molar-refractivity contribution in [1.29, 1.82) is 0 Å². The van der Waals surface area contributed by atoms with Gasteiger partial charge in [0.15, 0.2) is 0 Å². The molecule has 1 heterocycles. The van der Waals surface area contributed by atoms with Gasteiger partial charge in [0.05, 0.1) is 0 Å². The first-order valence-corrected chi connectivity index (χ1v) is 6.98. The van der Waals surface area contributed by atoms with Crippen molar-refractivity contribution in [2.45, 2.75) is 45.2 Å². The molecule has 66 valence electrons. The summed E-state index contributed by atoms with van der Waals surface area (Å²) in [7, 11) is 0.421. The quantitative estimate of drug-likeness (QED) is 0.569. The monoisotopic (exact) mass is 172 g/mol. The second-order valence-corrected chi connectivity index (χ2v) is 6.69. The molecule has 0 saturated carbocycles. The lowest BCUT2D eigenvalue weighted by molar-refractivity contribution is 0.571. The SMILES string of the molecule is CCCCC1CC(C)CP1C. The highest BCUT2D eigenvalue weighted by Gasteiger charge is 2.27. The molecule has 0 aromatic carbocycles. The van der Waals surface area contributed by atoms with Crippen LogP contribution in [0.25, 0.3) is 0 Å². The Bertz CT molecular complexity index is 111. The lowest BCUT2D eigenvalue weighted by Gasteiger charge is -2.14. The molecule has 1 rings (SSSR count). The van der Waals surface area contributed by atoms with Gasteiger partial charge in [-0.3, -0.25) is 0 Å². The minimum absolute atomic E-state index is 0.421. The number of rotatable bonds is 3. The minimum atomic E-state index is 0.421. The molecule has 0 bridgehead atoms. The van der Waals surface area contributed by atoms with Crippen LogP contribution in [0.4, 0.5) is 0 Å². The summed E-state index contributed by atoms with van der Waals surface area (Å²) >= 11 is 0. The molecule has 0 nitrogen and oxygen atoms in total. The van der Waals surface area contributed by atoms with Gasteiger partial charge >= 0.3 is 0 Å². The van der Waals surface area contributed by atoms with Crippen LogP contribution in [-0.4, -0.2) is 18.5 Å². The van der Waals surface area contributed by atoms with Crippen molar-refractivity contribution in [3.8, 4) is 0 Å². The Balaban J connectivity index is 2.23. The van der Waals surface area contributed by atoms with Gasteiger partial charge in [0.2, 0.25) is 0 Å². The molecule has 0 aromatic heterocycles. The molecule has 0 radical (unpaired) electrons. The Morgan fingerprint density at radius 3 is 2.64 bits per heavy atom. The van der Waals surface area contributed by atoms with Crippen LogP contribution in [0, 0.1) is 5.92 Å². The second kappa shape index (κ2) is 4.45. The van der Waals surface area contributed by atoms with Gasteiger partial charge in [-0.1, -0.05) is 26.7 Å². The molecule has 0 aliphatic carbocycles. The van der Waals surface area contributed by atoms with Gasteiger partial charge in [-0.2, -0.15) is 0 Å². The first kappa shape index (κ1) is 9.52. The molecule has 0 aromatic rings. The third-order valence-electron chi connectivity index (χ3n) is 2.79. The standard InChI is InChI=1S/C10H21P/c1-4-5-6-10-7-9(2)8-11(10)3/h9-10H,4-8H2,1-3H3. The van der Waals surface area contributed by atoms with Crippen LogP contribution >= 0.6 is 7.92 Å². The van der Waals surface area contributed by atoms with Crippen molar-refractivity contribution in [3.63, 3.8) is 0 Å². The Morgan fingerprint density at radius 1 is 1.45 bits per heavy atom. The highest BCUT2D eigenvalue weighted by molar-refractivity contribution is 7.57. The summed E-state index contributed by atoms with van der Waals surface area (Å²) in [5.74, 6) is 1.04. The first-order chi connectivity index (χ1) is 5.24. The van der Waals surface area contributed by atoms with E-state index in [-0.39, 0.29) is 0 Å². The average molecular weight is 172 g/mol. The Kier molecular flexibility index (Phi) is 3.85. The molecule has 3 atom stereocenters. The maximum absolute atomic E-state index is 2.50. The fraction of sp³-hybridized carbons (Fsp3) is 1.00. The summed E-state index contributed by atoms with van der Waals surface area (Å²) in [6.45, 7) is 7.22. The Labute approximate surface area is 72.5 Å². The highest BCUT2D eigenvalue weighted by Crippen LogP contribution is 2.51. The fourth-order valence-electron chi connectivity index (χ4n) is 2.14. The molecule has 0 N–H and O–H groups in total. The lowest BCUT2D eigenvalue weighted by Crippen LogP contribution is -1.99. The third kappa shape index (κ3) is 2.75. The summed E-state index contributed by atoms with van der Waals surface area (Å²) in [5.41, 5.74) is 1.12. The second-order valence-electron chi connectivity index (χ2n) is 4.08. The van der Waals surface area contributed by atoms with Crippen LogP contribution in [-0.2, 0) is 0 Å². The van der Waals surface area contributed by atoms with Crippen molar-refractivity contribution in [2.24, 2.45) is 5.92 Å². The van der Waals surface area contributed by atoms with Crippen LogP contribution in [0.2, 0.25) is 0 Å². The zero-order chi connectivity index (χ0) is 8.27. The number of hydrogen-bond donors (Lipinski definition) is 0. The molecule has 3 unspecified atom stereocenters. The summed E-state index contributed by atoms with van der Waals surface area (Å²) in [6, 6.07) is 0. The van der Waals surface area contributed by atoms with E-state index in [0.29, 0.717) is 7.92 Å². The summed E-state index contributed by atoms with van der Waals surface area (Å²) < 4.78 is 0. The largest absolute Gasteiger partial charge is 0.106 e. The van der Waals surface area contributed by atoms with E-state index in [1.807, 2.05) is 0 Å². The van der Waals surface area contributed by atoms with Crippen molar-refractivity contribution < 1.29 is 0 Å². The van der Waals surface area contributed by atoms with E-state index in [2.05, 4.69) is 20.5 Å². The molecular formula is C10H21P. The zero-order valence-electron chi connectivity index (χ0n) is 8.14. The van der Waals surface area contributed by atoms with Crippen molar-refractivity contribution in [1.82, 2.24) is 0 Å². The van der Waals surface area contributed by atoms with Crippen LogP contribution in [0.3, 0.4) is 0 Å². The Morgan fingerprint density at radius 2 is 2.18 bits per heavy atom. The van der Waals surface area contributed by atoms with Crippen molar-refractivity contribution in [3.05, 3.63) is 0 Å². The van der Waals surface area contributed by atoms with Gasteiger partial charge in [0.25, 0.3) is 0 Å². The molecule has 1 saturated heterocycles. The molecule has 0 amide bonds. The fourth-order valence-corrected chi connectivity index (χ4v) is 4.91. The summed E-state index contributed by atoms with van der Waals surface area (Å²) in [4.78, 5) is 0. The van der Waals surface area contributed by atoms with Gasteiger partial charge in [0, 0.05) is 0 Å². The molecule has 1 heteroatoms. The van der Waals surface area contributed by atoms with Crippen molar-refractivity contribution >= 4 is 7.92 Å². The molecule has 11 heavy (non-hydrogen) atoms. The highest BCUT2D eigenvalue weighted by atomic mass is 31.1. The van der Waals surface area contributed by atoms with Crippen LogP contribution < -0.4 is 0 Å². The van der Waals surface area contributed by atoms with E-state index >= 15 is 0 Å². The van der Waals surface area contributed by atoms with Crippen molar-refractivity contribution in [2.75, 3.05) is 12.8 Å². The molecule has 1 fully saturated rings. The zero-order valence-corrected chi connectivity index (χ0v) is 9.03. The van der Waals surface area contributed by atoms with E-state index in [4.69, 9.17) is 0 Å². The predicted octanol–water partition coefficient (Wildman–Crippen LogP) is 3.70. The topological polar surface area (TPSA) is 0 Å². The van der Waals surface area contributed by atoms with Gasteiger partial charge in [-0.25, -0.2) is 0 Å².